The average molecular weight is 463 g/mol. The molecule has 5 rings (SSSR count). The van der Waals surface area contributed by atoms with Gasteiger partial charge in [-0.1, -0.05) is 54.6 Å². The molecular weight excluding hydrogens is 438 g/mol. The fraction of sp³-hybridized carbons (Fsp3) is 0.500. The van der Waals surface area contributed by atoms with E-state index < -0.39 is 34.7 Å². The molecule has 31 heavy (non-hydrogen) atoms. The first kappa shape index (κ1) is 21.2. The smallest absolute Gasteiger partial charge is 0.237 e. The van der Waals surface area contributed by atoms with E-state index in [2.05, 4.69) is 10.6 Å². The van der Waals surface area contributed by atoms with Gasteiger partial charge < -0.3 is 10.6 Å². The van der Waals surface area contributed by atoms with Crippen molar-refractivity contribution in [2.75, 3.05) is 5.32 Å². The highest BCUT2D eigenvalue weighted by atomic mass is 35.5. The van der Waals surface area contributed by atoms with Crippen LogP contribution in [0.4, 0.5) is 10.1 Å². The molecule has 2 fully saturated rings. The van der Waals surface area contributed by atoms with Gasteiger partial charge in [0.25, 0.3) is 0 Å². The molecule has 1 aromatic rings. The van der Waals surface area contributed by atoms with Gasteiger partial charge in [-0.15, -0.1) is 0 Å². The zero-order valence-electron chi connectivity index (χ0n) is 17.3. The van der Waals surface area contributed by atoms with E-state index in [4.69, 9.17) is 23.2 Å². The lowest BCUT2D eigenvalue weighted by molar-refractivity contribution is -0.126. The van der Waals surface area contributed by atoms with E-state index in [1.54, 1.807) is 18.2 Å². The van der Waals surface area contributed by atoms with Crippen molar-refractivity contribution in [3.63, 3.8) is 0 Å². The fourth-order valence-electron chi connectivity index (χ4n) is 6.75. The summed E-state index contributed by atoms with van der Waals surface area (Å²) < 4.78 is 15.5. The number of allylic oxidation sites excluding steroid dienone is 4. The predicted molar refractivity (Wildman–Crippen MR) is 120 cm³/mol. The Hall–Kier alpha value is -1.69. The van der Waals surface area contributed by atoms with Crippen LogP contribution in [0.1, 0.15) is 51.0 Å². The quantitative estimate of drug-likeness (QED) is 0.617. The van der Waals surface area contributed by atoms with Gasteiger partial charge in [0, 0.05) is 28.1 Å². The lowest BCUT2D eigenvalue weighted by atomic mass is 9.53. The molecule has 1 unspecified atom stereocenters. The molecule has 1 saturated heterocycles. The molecule has 0 aromatic heterocycles. The van der Waals surface area contributed by atoms with Gasteiger partial charge in [0.15, 0.2) is 0 Å². The van der Waals surface area contributed by atoms with Crippen LogP contribution in [0.25, 0.3) is 0 Å². The van der Waals surface area contributed by atoms with E-state index in [1.807, 2.05) is 12.1 Å². The number of anilines is 1. The maximum absolute atomic E-state index is 15.5. The van der Waals surface area contributed by atoms with Gasteiger partial charge in [-0.2, -0.15) is 0 Å². The van der Waals surface area contributed by atoms with E-state index >= 15 is 4.39 Å². The molecule has 1 aromatic carbocycles. The first-order chi connectivity index (χ1) is 14.8. The summed E-state index contributed by atoms with van der Waals surface area (Å²) in [6, 6.07) is 4.76. The molecule has 2 heterocycles. The van der Waals surface area contributed by atoms with Crippen LogP contribution in [0.3, 0.4) is 0 Å². The molecule has 1 saturated carbocycles. The number of Topliss-reactive ketones (excluding diaryl/α,β-unsaturated/α-hetero) is 1. The minimum atomic E-state index is -1.08. The number of amides is 1. The zero-order valence-corrected chi connectivity index (χ0v) is 18.8. The van der Waals surface area contributed by atoms with Crippen LogP contribution in [0.5, 0.6) is 0 Å². The summed E-state index contributed by atoms with van der Waals surface area (Å²) in [5.41, 5.74) is -0.235. The summed E-state index contributed by atoms with van der Waals surface area (Å²) >= 11 is 12.4. The number of ketones is 1. The second-order valence-corrected chi connectivity index (χ2v) is 10.1. The SMILES string of the molecule is CC(=O)[C@@H]1NC2(CCCCC2)[C@@]2(C(=O)Nc3cc(Cl)ccc32)[C@H]1C1CC=CC(Cl)=C1F. The summed E-state index contributed by atoms with van der Waals surface area (Å²) in [6.45, 7) is 1.53. The third kappa shape index (κ3) is 2.82. The highest BCUT2D eigenvalue weighted by Crippen LogP contribution is 2.62. The van der Waals surface area contributed by atoms with Crippen molar-refractivity contribution in [2.45, 2.75) is 62.4 Å². The van der Waals surface area contributed by atoms with Gasteiger partial charge in [-0.05, 0) is 50.0 Å². The second-order valence-electron chi connectivity index (χ2n) is 9.29. The topological polar surface area (TPSA) is 58.2 Å². The standard InChI is InChI=1S/C24H25Cl2FN2O2/c1-13(30)21-19(15-6-5-7-17(26)20(15)27)24(23(29-21)10-3-2-4-11-23)16-9-8-14(25)12-18(16)28-22(24)31/h5,7-9,12,15,19,21,29H,2-4,6,10-11H2,1H3,(H,28,31)/t15?,19-,21-,24+/m0/s1. The number of carbonyl (C=O) groups excluding carboxylic acids is 2. The molecule has 7 heteroatoms. The third-order valence-electron chi connectivity index (χ3n) is 7.85. The van der Waals surface area contributed by atoms with Crippen LogP contribution in [-0.2, 0) is 15.0 Å². The number of fused-ring (bicyclic) bond motifs is 3. The average Bonchev–Trinajstić information content (AvgIpc) is 3.18. The fourth-order valence-corrected chi connectivity index (χ4v) is 7.15. The monoisotopic (exact) mass is 462 g/mol. The van der Waals surface area contributed by atoms with Gasteiger partial charge in [0.1, 0.15) is 11.6 Å². The summed E-state index contributed by atoms with van der Waals surface area (Å²) in [5.74, 6) is -1.95. The lowest BCUT2D eigenvalue weighted by Gasteiger charge is -2.48. The maximum Gasteiger partial charge on any atom is 0.237 e. The molecule has 4 aliphatic rings. The Morgan fingerprint density at radius 2 is 1.94 bits per heavy atom. The number of carbonyl (C=O) groups is 2. The van der Waals surface area contributed by atoms with E-state index in [0.717, 1.165) is 37.7 Å². The van der Waals surface area contributed by atoms with Crippen LogP contribution >= 0.6 is 23.2 Å². The number of nitrogens with one attached hydrogen (secondary N) is 2. The molecule has 164 valence electrons. The van der Waals surface area contributed by atoms with Crippen molar-refractivity contribution in [3.8, 4) is 0 Å². The van der Waals surface area contributed by atoms with Gasteiger partial charge in [-0.25, -0.2) is 4.39 Å². The molecule has 4 nitrogen and oxygen atoms in total. The minimum absolute atomic E-state index is 0.0491. The summed E-state index contributed by atoms with van der Waals surface area (Å²) in [5, 5.41) is 7.21. The number of benzene rings is 1. The second kappa shape index (κ2) is 7.43. The highest BCUT2D eigenvalue weighted by molar-refractivity contribution is 6.31. The van der Waals surface area contributed by atoms with E-state index in [1.165, 1.54) is 6.92 Å². The van der Waals surface area contributed by atoms with E-state index in [-0.39, 0.29) is 16.7 Å². The van der Waals surface area contributed by atoms with Crippen LogP contribution in [-0.4, -0.2) is 23.3 Å². The van der Waals surface area contributed by atoms with Gasteiger partial charge >= 0.3 is 0 Å². The summed E-state index contributed by atoms with van der Waals surface area (Å²) in [7, 11) is 0. The zero-order chi connectivity index (χ0) is 22.0. The first-order valence-corrected chi connectivity index (χ1v) is 11.7. The largest absolute Gasteiger partial charge is 0.325 e. The van der Waals surface area contributed by atoms with Crippen molar-refractivity contribution in [2.24, 2.45) is 11.8 Å². The van der Waals surface area contributed by atoms with Crippen molar-refractivity contribution in [1.29, 1.82) is 0 Å². The molecule has 2 spiro atoms. The van der Waals surface area contributed by atoms with Crippen molar-refractivity contribution in [1.82, 2.24) is 5.32 Å². The first-order valence-electron chi connectivity index (χ1n) is 10.9. The van der Waals surface area contributed by atoms with E-state index in [0.29, 0.717) is 17.1 Å². The Bertz CT molecular complexity index is 1030. The number of rotatable bonds is 2. The Morgan fingerprint density at radius 1 is 1.19 bits per heavy atom. The normalized spacial score (nSPS) is 33.8. The molecule has 4 atom stereocenters. The maximum atomic E-state index is 15.5. The van der Waals surface area contributed by atoms with Crippen molar-refractivity contribution >= 4 is 40.6 Å². The van der Waals surface area contributed by atoms with E-state index in [9.17, 15) is 9.59 Å². The number of hydrogen-bond donors (Lipinski definition) is 2. The molecule has 2 N–H and O–H groups in total. The molecular formula is C24H25Cl2FN2O2. The van der Waals surface area contributed by atoms with Crippen molar-refractivity contribution in [3.05, 3.63) is 51.8 Å². The van der Waals surface area contributed by atoms with Crippen LogP contribution in [0.2, 0.25) is 5.02 Å². The van der Waals surface area contributed by atoms with Crippen molar-refractivity contribution < 1.29 is 14.0 Å². The van der Waals surface area contributed by atoms with Gasteiger partial charge in [-0.3, -0.25) is 9.59 Å². The molecule has 2 aliphatic heterocycles. The summed E-state index contributed by atoms with van der Waals surface area (Å²) in [6.07, 6.45) is 8.28. The Morgan fingerprint density at radius 3 is 2.65 bits per heavy atom. The molecule has 0 bridgehead atoms. The Balaban J connectivity index is 1.80. The van der Waals surface area contributed by atoms with Gasteiger partial charge in [0.2, 0.25) is 5.91 Å². The number of hydrogen-bond acceptors (Lipinski definition) is 3. The van der Waals surface area contributed by atoms with Crippen LogP contribution in [0, 0.1) is 11.8 Å². The van der Waals surface area contributed by atoms with Gasteiger partial charge in [0.05, 0.1) is 16.5 Å². The molecule has 2 aliphatic carbocycles. The predicted octanol–water partition coefficient (Wildman–Crippen LogP) is 5.41. The molecule has 0 radical (unpaired) electrons. The number of halogens is 3. The van der Waals surface area contributed by atoms with Crippen LogP contribution < -0.4 is 10.6 Å². The van der Waals surface area contributed by atoms with Crippen LogP contribution in [0.15, 0.2) is 41.2 Å². The molecule has 1 amide bonds. The Kier molecular flexibility index (Phi) is 5.07. The lowest BCUT2D eigenvalue weighted by Crippen LogP contribution is -2.61. The Labute approximate surface area is 191 Å². The highest BCUT2D eigenvalue weighted by Gasteiger charge is 2.72. The third-order valence-corrected chi connectivity index (χ3v) is 8.39. The minimum Gasteiger partial charge on any atom is -0.325 e. The summed E-state index contributed by atoms with van der Waals surface area (Å²) in [4.78, 5) is 26.9.